The van der Waals surface area contributed by atoms with Gasteiger partial charge in [0, 0.05) is 23.8 Å². The maximum Gasteiger partial charge on any atom is 0.251 e. The van der Waals surface area contributed by atoms with Gasteiger partial charge in [-0.1, -0.05) is 25.3 Å². The van der Waals surface area contributed by atoms with Crippen LogP contribution in [0.5, 0.6) is 0 Å². The number of nitrogens with one attached hydrogen (secondary N) is 2. The Morgan fingerprint density at radius 1 is 1.30 bits per heavy atom. The van der Waals surface area contributed by atoms with Gasteiger partial charge in [-0.2, -0.15) is 0 Å². The van der Waals surface area contributed by atoms with E-state index in [1.54, 1.807) is 0 Å². The van der Waals surface area contributed by atoms with E-state index in [0.29, 0.717) is 18.2 Å². The molecule has 1 aliphatic carbocycles. The van der Waals surface area contributed by atoms with Gasteiger partial charge in [-0.05, 0) is 37.5 Å². The second-order valence-corrected chi connectivity index (χ2v) is 5.44. The third-order valence-electron chi connectivity index (χ3n) is 3.94. The molecule has 4 nitrogen and oxygen atoms in total. The molecule has 4 heteroatoms. The zero-order valence-corrected chi connectivity index (χ0v) is 12.1. The summed E-state index contributed by atoms with van der Waals surface area (Å²) < 4.78 is 0. The van der Waals surface area contributed by atoms with E-state index in [-0.39, 0.29) is 12.5 Å². The van der Waals surface area contributed by atoms with Crippen molar-refractivity contribution in [3.63, 3.8) is 0 Å². The molecule has 0 heterocycles. The van der Waals surface area contributed by atoms with Gasteiger partial charge in [0.05, 0.1) is 6.61 Å². The Balaban J connectivity index is 2.08. The van der Waals surface area contributed by atoms with E-state index < -0.39 is 0 Å². The first kappa shape index (κ1) is 14.9. The van der Waals surface area contributed by atoms with Gasteiger partial charge in [-0.3, -0.25) is 4.79 Å². The maximum atomic E-state index is 12.0. The van der Waals surface area contributed by atoms with Crippen LogP contribution in [-0.4, -0.2) is 30.2 Å². The van der Waals surface area contributed by atoms with Crippen molar-refractivity contribution in [2.45, 2.75) is 45.1 Å². The molecule has 0 aromatic heterocycles. The normalized spacial score (nSPS) is 15.9. The molecule has 0 saturated heterocycles. The molecule has 0 spiro atoms. The number of aliphatic hydroxyl groups is 1. The van der Waals surface area contributed by atoms with Crippen molar-refractivity contribution in [1.29, 1.82) is 0 Å². The molecule has 20 heavy (non-hydrogen) atoms. The average molecular weight is 276 g/mol. The molecule has 1 aliphatic rings. The Morgan fingerprint density at radius 3 is 2.75 bits per heavy atom. The molecule has 3 N–H and O–H groups in total. The molecule has 0 radical (unpaired) electrons. The fourth-order valence-corrected chi connectivity index (χ4v) is 2.77. The molecule has 0 bridgehead atoms. The zero-order chi connectivity index (χ0) is 14.4. The Hall–Kier alpha value is -1.55. The van der Waals surface area contributed by atoms with E-state index in [0.717, 1.165) is 11.3 Å². The first-order valence-corrected chi connectivity index (χ1v) is 7.47. The fourth-order valence-electron chi connectivity index (χ4n) is 2.77. The van der Waals surface area contributed by atoms with Crippen molar-refractivity contribution < 1.29 is 9.90 Å². The van der Waals surface area contributed by atoms with Crippen molar-refractivity contribution >= 4 is 11.6 Å². The third-order valence-corrected chi connectivity index (χ3v) is 3.94. The summed E-state index contributed by atoms with van der Waals surface area (Å²) in [5.74, 6) is -0.121. The molecule has 0 aliphatic heterocycles. The number of carbonyl (C=O) groups excluding carboxylic acids is 1. The highest BCUT2D eigenvalue weighted by molar-refractivity contribution is 5.97. The number of carbonyl (C=O) groups is 1. The molecule has 1 fully saturated rings. The van der Waals surface area contributed by atoms with Crippen molar-refractivity contribution in [3.05, 3.63) is 29.3 Å². The molecule has 2 rings (SSSR count). The average Bonchev–Trinajstić information content (AvgIpc) is 2.48. The van der Waals surface area contributed by atoms with Crippen LogP contribution in [0.25, 0.3) is 0 Å². The van der Waals surface area contributed by atoms with Gasteiger partial charge in [0.25, 0.3) is 5.91 Å². The molecular weight excluding hydrogens is 252 g/mol. The first-order chi connectivity index (χ1) is 9.72. The minimum Gasteiger partial charge on any atom is -0.395 e. The lowest BCUT2D eigenvalue weighted by molar-refractivity contribution is 0.0944. The van der Waals surface area contributed by atoms with Crippen LogP contribution in [0.1, 0.15) is 48.0 Å². The first-order valence-electron chi connectivity index (χ1n) is 7.47. The second-order valence-electron chi connectivity index (χ2n) is 5.44. The summed E-state index contributed by atoms with van der Waals surface area (Å²) in [5.41, 5.74) is 2.71. The van der Waals surface area contributed by atoms with Crippen LogP contribution in [-0.2, 0) is 0 Å². The van der Waals surface area contributed by atoms with Crippen LogP contribution in [0.3, 0.4) is 0 Å². The number of benzene rings is 1. The molecule has 1 aromatic carbocycles. The summed E-state index contributed by atoms with van der Waals surface area (Å²) >= 11 is 0. The van der Waals surface area contributed by atoms with Gasteiger partial charge in [0.2, 0.25) is 0 Å². The number of rotatable bonds is 5. The van der Waals surface area contributed by atoms with E-state index in [4.69, 9.17) is 5.11 Å². The molecule has 110 valence electrons. The quantitative estimate of drug-likeness (QED) is 0.774. The van der Waals surface area contributed by atoms with Crippen molar-refractivity contribution in [2.75, 3.05) is 18.5 Å². The van der Waals surface area contributed by atoms with Crippen LogP contribution in [0.4, 0.5) is 5.69 Å². The lowest BCUT2D eigenvalue weighted by Gasteiger charge is -2.25. The maximum absolute atomic E-state index is 12.0. The lowest BCUT2D eigenvalue weighted by Crippen LogP contribution is -2.28. The molecule has 0 unspecified atom stereocenters. The van der Waals surface area contributed by atoms with Gasteiger partial charge in [-0.25, -0.2) is 0 Å². The summed E-state index contributed by atoms with van der Waals surface area (Å²) in [5, 5.41) is 15.0. The van der Waals surface area contributed by atoms with E-state index in [9.17, 15) is 4.79 Å². The van der Waals surface area contributed by atoms with Gasteiger partial charge < -0.3 is 15.7 Å². The summed E-state index contributed by atoms with van der Waals surface area (Å²) in [6, 6.07) is 6.30. The fraction of sp³-hybridized carbons (Fsp3) is 0.562. The van der Waals surface area contributed by atoms with E-state index in [1.165, 1.54) is 32.1 Å². The van der Waals surface area contributed by atoms with Crippen LogP contribution in [0, 0.1) is 6.92 Å². The topological polar surface area (TPSA) is 61.4 Å². The van der Waals surface area contributed by atoms with E-state index in [2.05, 4.69) is 10.6 Å². The highest BCUT2D eigenvalue weighted by Gasteiger charge is 2.16. The Bertz CT molecular complexity index is 454. The van der Waals surface area contributed by atoms with Crippen molar-refractivity contribution in [1.82, 2.24) is 5.32 Å². The molecule has 1 saturated carbocycles. The standard InChI is InChI=1S/C16H24N2O2/c1-12-14(16(20)17-10-11-19)8-5-9-15(12)18-13-6-3-2-4-7-13/h5,8-9,13,18-19H,2-4,6-7,10-11H2,1H3,(H,17,20). The Labute approximate surface area is 120 Å². The Morgan fingerprint density at radius 2 is 2.05 bits per heavy atom. The van der Waals surface area contributed by atoms with Crippen molar-refractivity contribution in [3.8, 4) is 0 Å². The van der Waals surface area contributed by atoms with Crippen LogP contribution in [0.2, 0.25) is 0 Å². The highest BCUT2D eigenvalue weighted by Crippen LogP contribution is 2.25. The van der Waals surface area contributed by atoms with Crippen molar-refractivity contribution in [2.24, 2.45) is 0 Å². The zero-order valence-electron chi connectivity index (χ0n) is 12.1. The Kier molecular flexibility index (Phi) is 5.41. The molecule has 1 aromatic rings. The summed E-state index contributed by atoms with van der Waals surface area (Å²) in [6.07, 6.45) is 6.32. The largest absolute Gasteiger partial charge is 0.395 e. The number of hydrogen-bond acceptors (Lipinski definition) is 3. The summed E-state index contributed by atoms with van der Waals surface area (Å²) in [4.78, 5) is 12.0. The lowest BCUT2D eigenvalue weighted by atomic mass is 9.94. The summed E-state index contributed by atoms with van der Waals surface area (Å²) in [7, 11) is 0. The highest BCUT2D eigenvalue weighted by atomic mass is 16.3. The third kappa shape index (κ3) is 3.73. The summed E-state index contributed by atoms with van der Waals surface area (Å²) in [6.45, 7) is 2.22. The minimum absolute atomic E-state index is 0.0369. The van der Waals surface area contributed by atoms with E-state index in [1.807, 2.05) is 25.1 Å². The molecule has 1 amide bonds. The predicted octanol–water partition coefficient (Wildman–Crippen LogP) is 2.46. The van der Waals surface area contributed by atoms with E-state index >= 15 is 0 Å². The number of amides is 1. The smallest absolute Gasteiger partial charge is 0.251 e. The number of anilines is 1. The monoisotopic (exact) mass is 276 g/mol. The molecule has 0 atom stereocenters. The minimum atomic E-state index is -0.121. The van der Waals surface area contributed by atoms with Gasteiger partial charge in [0.1, 0.15) is 0 Å². The van der Waals surface area contributed by atoms with Crippen LogP contribution >= 0.6 is 0 Å². The number of aliphatic hydroxyl groups excluding tert-OH is 1. The van der Waals surface area contributed by atoms with Gasteiger partial charge >= 0.3 is 0 Å². The van der Waals surface area contributed by atoms with Crippen LogP contribution in [0.15, 0.2) is 18.2 Å². The second kappa shape index (κ2) is 7.29. The SMILES string of the molecule is Cc1c(NC2CCCCC2)cccc1C(=O)NCCO. The predicted molar refractivity (Wildman–Crippen MR) is 81.1 cm³/mol. The molecular formula is C16H24N2O2. The van der Waals surface area contributed by atoms with Gasteiger partial charge in [-0.15, -0.1) is 0 Å². The van der Waals surface area contributed by atoms with Crippen LogP contribution < -0.4 is 10.6 Å². The number of hydrogen-bond donors (Lipinski definition) is 3. The van der Waals surface area contributed by atoms with Gasteiger partial charge in [0.15, 0.2) is 0 Å².